The molecule has 0 amide bonds. The molecule has 0 radical (unpaired) electrons. The quantitative estimate of drug-likeness (QED) is 0.908. The van der Waals surface area contributed by atoms with Crippen molar-refractivity contribution in [3.63, 3.8) is 0 Å². The van der Waals surface area contributed by atoms with Gasteiger partial charge in [0.1, 0.15) is 6.10 Å². The number of anilines is 1. The van der Waals surface area contributed by atoms with Crippen molar-refractivity contribution >= 4 is 11.9 Å². The van der Waals surface area contributed by atoms with E-state index in [1.807, 2.05) is 0 Å². The van der Waals surface area contributed by atoms with Crippen LogP contribution in [-0.2, 0) is 4.74 Å². The van der Waals surface area contributed by atoms with E-state index in [0.717, 1.165) is 17.7 Å². The number of halogens is 3. The van der Waals surface area contributed by atoms with Gasteiger partial charge in [-0.25, -0.2) is 0 Å². The van der Waals surface area contributed by atoms with Crippen LogP contribution < -0.4 is 10.2 Å². The van der Waals surface area contributed by atoms with Crippen molar-refractivity contribution in [1.29, 1.82) is 0 Å². The molecule has 3 rings (SSSR count). The van der Waals surface area contributed by atoms with Gasteiger partial charge in [0.15, 0.2) is 0 Å². The average Bonchev–Trinajstić information content (AvgIpc) is 2.55. The normalized spacial score (nSPS) is 25.5. The number of hydrogen-bond donors (Lipinski definition) is 1. The Morgan fingerprint density at radius 1 is 1.32 bits per heavy atom. The van der Waals surface area contributed by atoms with E-state index in [0.29, 0.717) is 24.5 Å². The summed E-state index contributed by atoms with van der Waals surface area (Å²) >= 11 is 0. The van der Waals surface area contributed by atoms with Crippen molar-refractivity contribution < 1.29 is 17.9 Å². The topological polar surface area (TPSA) is 49.8 Å². The molecule has 1 saturated heterocycles. The number of rotatable bonds is 2. The molecule has 1 aromatic rings. The molecule has 0 aromatic carbocycles. The zero-order valence-electron chi connectivity index (χ0n) is 11.6. The molecular formula is C14H15F3N4O. The highest BCUT2D eigenvalue weighted by Gasteiger charge is 2.44. The third kappa shape index (κ3) is 3.12. The van der Waals surface area contributed by atoms with Gasteiger partial charge in [-0.15, -0.1) is 0 Å². The fourth-order valence-electron chi connectivity index (χ4n) is 2.38. The first kappa shape index (κ1) is 15.0. The minimum atomic E-state index is -4.45. The van der Waals surface area contributed by atoms with Crippen LogP contribution in [0.5, 0.6) is 0 Å². The first-order valence-electron chi connectivity index (χ1n) is 6.89. The molecule has 2 atom stereocenters. The van der Waals surface area contributed by atoms with Gasteiger partial charge in [0, 0.05) is 25.5 Å². The molecule has 0 spiro atoms. The van der Waals surface area contributed by atoms with Crippen LogP contribution in [0.25, 0.3) is 0 Å². The summed E-state index contributed by atoms with van der Waals surface area (Å²) in [5, 5.41) is 3.18. The van der Waals surface area contributed by atoms with Gasteiger partial charge >= 0.3 is 6.18 Å². The van der Waals surface area contributed by atoms with Gasteiger partial charge < -0.3 is 15.0 Å². The molecule has 0 saturated carbocycles. The van der Waals surface area contributed by atoms with Crippen LogP contribution in [0.3, 0.4) is 0 Å². The molecule has 0 bridgehead atoms. The van der Waals surface area contributed by atoms with Crippen LogP contribution in [-0.4, -0.2) is 43.2 Å². The van der Waals surface area contributed by atoms with Crippen molar-refractivity contribution in [2.75, 3.05) is 24.6 Å². The van der Waals surface area contributed by atoms with Gasteiger partial charge in [0.2, 0.25) is 6.17 Å². The van der Waals surface area contributed by atoms with Gasteiger partial charge in [-0.05, 0) is 18.2 Å². The van der Waals surface area contributed by atoms with E-state index in [-0.39, 0.29) is 6.10 Å². The summed E-state index contributed by atoms with van der Waals surface area (Å²) in [6, 6.07) is 3.29. The summed E-state index contributed by atoms with van der Waals surface area (Å²) in [6.45, 7) is 2.03. The Balaban J connectivity index is 1.79. The Hall–Kier alpha value is -1.93. The predicted molar refractivity (Wildman–Crippen MR) is 75.8 cm³/mol. The van der Waals surface area contributed by atoms with Crippen LogP contribution in [0.4, 0.5) is 18.9 Å². The lowest BCUT2D eigenvalue weighted by atomic mass is 10.2. The second kappa shape index (κ2) is 6.05. The number of nitrogens with one attached hydrogen (secondary N) is 1. The van der Waals surface area contributed by atoms with Crippen LogP contribution in [0.15, 0.2) is 35.6 Å². The highest BCUT2D eigenvalue weighted by Crippen LogP contribution is 2.31. The van der Waals surface area contributed by atoms with Gasteiger partial charge in [-0.2, -0.15) is 13.2 Å². The standard InChI is InChI=1S/C14H15F3N4O/c15-14(16,17)13-19-4-1-6-21(13)10-2-3-11(20-8-10)12-9-18-5-7-22-12/h1-4,6,8,12-13,18H,5,7,9H2. The van der Waals surface area contributed by atoms with Crippen molar-refractivity contribution in [3.8, 4) is 0 Å². The Bertz CT molecular complexity index is 564. The Labute approximate surface area is 125 Å². The second-order valence-corrected chi connectivity index (χ2v) is 4.97. The molecule has 3 heterocycles. The summed E-state index contributed by atoms with van der Waals surface area (Å²) < 4.78 is 44.6. The minimum absolute atomic E-state index is 0.170. The van der Waals surface area contributed by atoms with Crippen LogP contribution in [0.1, 0.15) is 11.8 Å². The van der Waals surface area contributed by atoms with Gasteiger partial charge in [-0.3, -0.25) is 9.98 Å². The fraction of sp³-hybridized carbons (Fsp3) is 0.429. The summed E-state index contributed by atoms with van der Waals surface area (Å²) in [5.41, 5.74) is 1.03. The second-order valence-electron chi connectivity index (χ2n) is 4.97. The molecule has 2 aliphatic rings. The number of pyridine rings is 1. The molecule has 2 aliphatic heterocycles. The number of allylic oxidation sites excluding steroid dienone is 1. The number of aliphatic imine (C=N–C) groups is 1. The maximum absolute atomic E-state index is 13.0. The minimum Gasteiger partial charge on any atom is -0.369 e. The molecule has 22 heavy (non-hydrogen) atoms. The molecule has 118 valence electrons. The molecule has 8 heteroatoms. The summed E-state index contributed by atoms with van der Waals surface area (Å²) in [5.74, 6) is 0. The van der Waals surface area contributed by atoms with E-state index in [1.165, 1.54) is 18.5 Å². The van der Waals surface area contributed by atoms with Crippen LogP contribution >= 0.6 is 0 Å². The van der Waals surface area contributed by atoms with Gasteiger partial charge in [0.05, 0.1) is 24.2 Å². The van der Waals surface area contributed by atoms with Crippen LogP contribution in [0.2, 0.25) is 0 Å². The van der Waals surface area contributed by atoms with Crippen molar-refractivity contribution in [1.82, 2.24) is 10.3 Å². The third-order valence-corrected chi connectivity index (χ3v) is 3.44. The summed E-state index contributed by atoms with van der Waals surface area (Å²) in [4.78, 5) is 8.78. The highest BCUT2D eigenvalue weighted by molar-refractivity contribution is 5.74. The molecule has 2 unspecified atom stereocenters. The third-order valence-electron chi connectivity index (χ3n) is 3.44. The lowest BCUT2D eigenvalue weighted by molar-refractivity contribution is -0.145. The van der Waals surface area contributed by atoms with Crippen molar-refractivity contribution in [3.05, 3.63) is 36.3 Å². The smallest absolute Gasteiger partial charge is 0.369 e. The number of aromatic nitrogens is 1. The Morgan fingerprint density at radius 2 is 2.18 bits per heavy atom. The molecule has 1 fully saturated rings. The molecular weight excluding hydrogens is 297 g/mol. The number of alkyl halides is 3. The molecule has 1 aromatic heterocycles. The van der Waals surface area contributed by atoms with E-state index in [1.54, 1.807) is 12.1 Å². The lowest BCUT2D eigenvalue weighted by Crippen LogP contribution is -2.43. The maximum Gasteiger partial charge on any atom is 0.429 e. The zero-order chi connectivity index (χ0) is 15.6. The van der Waals surface area contributed by atoms with E-state index in [4.69, 9.17) is 4.74 Å². The monoisotopic (exact) mass is 312 g/mol. The van der Waals surface area contributed by atoms with Gasteiger partial charge in [0.25, 0.3) is 0 Å². The molecule has 1 N–H and O–H groups in total. The first-order valence-corrected chi connectivity index (χ1v) is 6.89. The van der Waals surface area contributed by atoms with E-state index in [9.17, 15) is 13.2 Å². The highest BCUT2D eigenvalue weighted by atomic mass is 19.4. The summed E-state index contributed by atoms with van der Waals surface area (Å²) in [6.07, 6.45) is -1.16. The lowest BCUT2D eigenvalue weighted by Gasteiger charge is -2.31. The predicted octanol–water partition coefficient (Wildman–Crippen LogP) is 2.04. The van der Waals surface area contributed by atoms with Crippen molar-refractivity contribution in [2.24, 2.45) is 4.99 Å². The average molecular weight is 312 g/mol. The summed E-state index contributed by atoms with van der Waals surface area (Å²) in [7, 11) is 0. The number of morpholine rings is 1. The van der Waals surface area contributed by atoms with Crippen LogP contribution in [0, 0.1) is 0 Å². The van der Waals surface area contributed by atoms with E-state index in [2.05, 4.69) is 15.3 Å². The molecule has 0 aliphatic carbocycles. The zero-order valence-corrected chi connectivity index (χ0v) is 11.6. The number of nitrogens with zero attached hydrogens (tertiary/aromatic N) is 3. The maximum atomic E-state index is 13.0. The number of hydrogen-bond acceptors (Lipinski definition) is 5. The Morgan fingerprint density at radius 3 is 2.82 bits per heavy atom. The van der Waals surface area contributed by atoms with E-state index >= 15 is 0 Å². The van der Waals surface area contributed by atoms with Gasteiger partial charge in [-0.1, -0.05) is 0 Å². The molecule has 5 nitrogen and oxygen atoms in total. The fourth-order valence-corrected chi connectivity index (χ4v) is 2.38. The SMILES string of the molecule is FC(F)(F)C1N=CC=CN1c1ccc(C2CNCCO2)nc1. The van der Waals surface area contributed by atoms with E-state index < -0.39 is 12.3 Å². The van der Waals surface area contributed by atoms with Crippen molar-refractivity contribution in [2.45, 2.75) is 18.4 Å². The largest absolute Gasteiger partial charge is 0.429 e. The number of ether oxygens (including phenoxy) is 1. The Kier molecular flexibility index (Phi) is 4.12. The first-order chi connectivity index (χ1) is 10.6.